The van der Waals surface area contributed by atoms with Crippen molar-refractivity contribution in [2.75, 3.05) is 30.8 Å². The third kappa shape index (κ3) is 2.66. The molecular weight excluding hydrogens is 238 g/mol. The molecule has 2 aliphatic rings. The highest BCUT2D eigenvalue weighted by molar-refractivity contribution is 5.43. The Kier molecular flexibility index (Phi) is 3.55. The lowest BCUT2D eigenvalue weighted by Crippen LogP contribution is -2.41. The maximum Gasteiger partial charge on any atom is 0.224 e. The average Bonchev–Trinajstić information content (AvgIpc) is 2.82. The number of hydrogen-bond donors (Lipinski definition) is 2. The van der Waals surface area contributed by atoms with Crippen LogP contribution in [0.5, 0.6) is 0 Å². The summed E-state index contributed by atoms with van der Waals surface area (Å²) in [6.45, 7) is 4.51. The zero-order chi connectivity index (χ0) is 13.2. The quantitative estimate of drug-likeness (QED) is 0.870. The van der Waals surface area contributed by atoms with Gasteiger partial charge in [-0.3, -0.25) is 4.90 Å². The van der Waals surface area contributed by atoms with Crippen molar-refractivity contribution in [2.45, 2.75) is 44.7 Å². The van der Waals surface area contributed by atoms with Gasteiger partial charge in [0.2, 0.25) is 5.95 Å². The van der Waals surface area contributed by atoms with Crippen molar-refractivity contribution in [3.8, 4) is 0 Å². The molecule has 0 aromatic carbocycles. The molecule has 19 heavy (non-hydrogen) atoms. The molecule has 0 bridgehead atoms. The number of aryl methyl sites for hydroxylation is 1. The van der Waals surface area contributed by atoms with Crippen LogP contribution in [0.15, 0.2) is 6.07 Å². The first-order valence-corrected chi connectivity index (χ1v) is 7.30. The normalized spacial score (nSPS) is 27.1. The second-order valence-corrected chi connectivity index (χ2v) is 5.61. The van der Waals surface area contributed by atoms with Gasteiger partial charge in [-0.25, -0.2) is 4.98 Å². The third-order valence-corrected chi connectivity index (χ3v) is 4.27. The Bertz CT molecular complexity index is 447. The van der Waals surface area contributed by atoms with Crippen LogP contribution in [0.2, 0.25) is 0 Å². The number of piperidine rings is 1. The van der Waals surface area contributed by atoms with E-state index in [2.05, 4.69) is 25.5 Å². The number of anilines is 2. The number of fused-ring (bicyclic) bond motifs is 1. The average molecular weight is 261 g/mol. The lowest BCUT2D eigenvalue weighted by atomic mass is 9.99. The van der Waals surface area contributed by atoms with Crippen molar-refractivity contribution < 1.29 is 0 Å². The van der Waals surface area contributed by atoms with E-state index < -0.39 is 0 Å². The van der Waals surface area contributed by atoms with Gasteiger partial charge in [-0.15, -0.1) is 0 Å². The summed E-state index contributed by atoms with van der Waals surface area (Å²) in [4.78, 5) is 11.5. The molecule has 2 saturated heterocycles. The van der Waals surface area contributed by atoms with Crippen molar-refractivity contribution in [2.24, 2.45) is 0 Å². The molecule has 0 saturated carbocycles. The van der Waals surface area contributed by atoms with Gasteiger partial charge < -0.3 is 10.6 Å². The van der Waals surface area contributed by atoms with E-state index in [1.54, 1.807) is 0 Å². The molecule has 5 heteroatoms. The summed E-state index contributed by atoms with van der Waals surface area (Å²) in [5, 5.41) is 6.64. The van der Waals surface area contributed by atoms with Gasteiger partial charge in [-0.1, -0.05) is 6.42 Å². The fourth-order valence-electron chi connectivity index (χ4n) is 3.36. The van der Waals surface area contributed by atoms with Gasteiger partial charge in [0.05, 0.1) is 0 Å². The van der Waals surface area contributed by atoms with Gasteiger partial charge in [0, 0.05) is 37.4 Å². The number of nitrogens with zero attached hydrogens (tertiary/aromatic N) is 3. The zero-order valence-corrected chi connectivity index (χ0v) is 11.8. The fourth-order valence-corrected chi connectivity index (χ4v) is 3.36. The van der Waals surface area contributed by atoms with Crippen LogP contribution >= 0.6 is 0 Å². The highest BCUT2D eigenvalue weighted by Gasteiger charge is 2.35. The molecule has 2 aliphatic heterocycles. The van der Waals surface area contributed by atoms with E-state index in [4.69, 9.17) is 0 Å². The van der Waals surface area contributed by atoms with Gasteiger partial charge in [-0.2, -0.15) is 4.98 Å². The van der Waals surface area contributed by atoms with Crippen molar-refractivity contribution in [3.05, 3.63) is 11.8 Å². The monoisotopic (exact) mass is 261 g/mol. The van der Waals surface area contributed by atoms with Gasteiger partial charge in [0.15, 0.2) is 0 Å². The summed E-state index contributed by atoms with van der Waals surface area (Å²) in [5.74, 6) is 1.65. The summed E-state index contributed by atoms with van der Waals surface area (Å²) >= 11 is 0. The van der Waals surface area contributed by atoms with E-state index in [0.717, 1.165) is 11.5 Å². The van der Waals surface area contributed by atoms with Crippen LogP contribution in [-0.4, -0.2) is 47.1 Å². The Morgan fingerprint density at radius 2 is 2.11 bits per heavy atom. The Morgan fingerprint density at radius 1 is 1.21 bits per heavy atom. The third-order valence-electron chi connectivity index (χ3n) is 4.27. The molecule has 3 rings (SSSR count). The molecule has 2 fully saturated rings. The minimum Gasteiger partial charge on any atom is -0.366 e. The molecule has 5 nitrogen and oxygen atoms in total. The summed E-state index contributed by atoms with van der Waals surface area (Å²) in [6.07, 6.45) is 5.27. The van der Waals surface area contributed by atoms with E-state index in [0.29, 0.717) is 18.0 Å². The van der Waals surface area contributed by atoms with Crippen molar-refractivity contribution in [3.63, 3.8) is 0 Å². The Labute approximate surface area is 114 Å². The molecule has 0 radical (unpaired) electrons. The van der Waals surface area contributed by atoms with Crippen LogP contribution in [-0.2, 0) is 0 Å². The van der Waals surface area contributed by atoms with E-state index in [1.165, 1.54) is 38.8 Å². The van der Waals surface area contributed by atoms with E-state index in [1.807, 2.05) is 20.0 Å². The number of hydrogen-bond acceptors (Lipinski definition) is 5. The highest BCUT2D eigenvalue weighted by atomic mass is 15.2. The first-order chi connectivity index (χ1) is 9.26. The molecule has 2 unspecified atom stereocenters. The molecule has 1 aromatic rings. The summed E-state index contributed by atoms with van der Waals surface area (Å²) in [6, 6.07) is 3.27. The first kappa shape index (κ1) is 12.7. The lowest BCUT2D eigenvalue weighted by molar-refractivity contribution is 0.192. The van der Waals surface area contributed by atoms with Crippen molar-refractivity contribution in [1.29, 1.82) is 0 Å². The number of rotatable bonds is 3. The highest BCUT2D eigenvalue weighted by Crippen LogP contribution is 2.29. The Morgan fingerprint density at radius 3 is 2.95 bits per heavy atom. The second-order valence-electron chi connectivity index (χ2n) is 5.61. The molecule has 0 spiro atoms. The molecule has 0 aliphatic carbocycles. The largest absolute Gasteiger partial charge is 0.366 e. The predicted molar refractivity (Wildman–Crippen MR) is 77.6 cm³/mol. The van der Waals surface area contributed by atoms with Crippen LogP contribution in [0.1, 0.15) is 31.4 Å². The minimum atomic E-state index is 0.541. The van der Waals surface area contributed by atoms with Gasteiger partial charge in [0.25, 0.3) is 0 Å². The number of nitrogens with one attached hydrogen (secondary N) is 2. The predicted octanol–water partition coefficient (Wildman–Crippen LogP) is 1.87. The summed E-state index contributed by atoms with van der Waals surface area (Å²) in [7, 11) is 1.86. The van der Waals surface area contributed by atoms with Crippen LogP contribution in [0.25, 0.3) is 0 Å². The van der Waals surface area contributed by atoms with Gasteiger partial charge in [0.1, 0.15) is 5.82 Å². The van der Waals surface area contributed by atoms with E-state index in [-0.39, 0.29) is 0 Å². The van der Waals surface area contributed by atoms with Crippen LogP contribution in [0.4, 0.5) is 11.8 Å². The SMILES string of the molecule is CNc1nc(C)cc(NC2CCN3CCCCC23)n1. The van der Waals surface area contributed by atoms with Crippen LogP contribution in [0, 0.1) is 6.92 Å². The second kappa shape index (κ2) is 5.33. The maximum atomic E-state index is 4.50. The molecule has 104 valence electrons. The van der Waals surface area contributed by atoms with Crippen LogP contribution in [0.3, 0.4) is 0 Å². The smallest absolute Gasteiger partial charge is 0.224 e. The summed E-state index contributed by atoms with van der Waals surface area (Å²) < 4.78 is 0. The Balaban J connectivity index is 1.72. The van der Waals surface area contributed by atoms with E-state index in [9.17, 15) is 0 Å². The van der Waals surface area contributed by atoms with E-state index >= 15 is 0 Å². The minimum absolute atomic E-state index is 0.541. The van der Waals surface area contributed by atoms with Crippen molar-refractivity contribution in [1.82, 2.24) is 14.9 Å². The molecular formula is C14H23N5. The molecule has 1 aromatic heterocycles. The molecule has 3 heterocycles. The first-order valence-electron chi connectivity index (χ1n) is 7.30. The molecule has 2 atom stereocenters. The Hall–Kier alpha value is -1.36. The topological polar surface area (TPSA) is 53.1 Å². The zero-order valence-electron chi connectivity index (χ0n) is 11.8. The van der Waals surface area contributed by atoms with Crippen molar-refractivity contribution >= 4 is 11.8 Å². The van der Waals surface area contributed by atoms with Crippen LogP contribution < -0.4 is 10.6 Å². The standard InChI is InChI=1S/C14H23N5/c1-10-9-13(18-14(15-2)16-10)17-11-6-8-19-7-4-3-5-12(11)19/h9,11-12H,3-8H2,1-2H3,(H2,15,16,17,18). The lowest BCUT2D eigenvalue weighted by Gasteiger charge is -2.32. The van der Waals surface area contributed by atoms with Gasteiger partial charge >= 0.3 is 0 Å². The molecule has 2 N–H and O–H groups in total. The fraction of sp³-hybridized carbons (Fsp3) is 0.714. The van der Waals surface area contributed by atoms with Gasteiger partial charge in [-0.05, 0) is 32.7 Å². The summed E-state index contributed by atoms with van der Waals surface area (Å²) in [5.41, 5.74) is 1.00. The maximum absolute atomic E-state index is 4.50. The number of aromatic nitrogens is 2. The molecule has 0 amide bonds.